The molecule has 2 N–H and O–H groups in total. The van der Waals surface area contributed by atoms with Crippen LogP contribution in [0.15, 0.2) is 52.9 Å². The van der Waals surface area contributed by atoms with Gasteiger partial charge in [0.1, 0.15) is 12.3 Å². The molecule has 1 aliphatic rings. The SMILES string of the molecule is CC(C)(C)C(Oc1ccc(Cl)cc1C=C1CNC(=O)CN(S(=O)(=O)c2ccc(Cl)cc2)C1=O)C(=O)O. The van der Waals surface area contributed by atoms with Gasteiger partial charge in [-0.2, -0.15) is 0 Å². The number of carboxylic acids is 1. The molecule has 0 aromatic heterocycles. The smallest absolute Gasteiger partial charge is 0.345 e. The molecule has 0 radical (unpaired) electrons. The van der Waals surface area contributed by atoms with Crippen molar-refractivity contribution in [3.63, 3.8) is 0 Å². The average Bonchev–Trinajstić information content (AvgIpc) is 2.91. The number of sulfonamides is 1. The highest BCUT2D eigenvalue weighted by molar-refractivity contribution is 7.89. The molecule has 1 saturated heterocycles. The van der Waals surface area contributed by atoms with E-state index >= 15 is 0 Å². The third kappa shape index (κ3) is 6.18. The van der Waals surface area contributed by atoms with Gasteiger partial charge < -0.3 is 15.2 Å². The number of nitrogens with one attached hydrogen (secondary N) is 1. The Balaban J connectivity index is 2.06. The van der Waals surface area contributed by atoms with Crippen molar-refractivity contribution in [2.45, 2.75) is 31.8 Å². The summed E-state index contributed by atoms with van der Waals surface area (Å²) in [7, 11) is -4.39. The maximum absolute atomic E-state index is 13.4. The van der Waals surface area contributed by atoms with Crippen LogP contribution in [0.25, 0.3) is 6.08 Å². The van der Waals surface area contributed by atoms with E-state index in [1.165, 1.54) is 48.5 Å². The van der Waals surface area contributed by atoms with E-state index in [-0.39, 0.29) is 33.3 Å². The lowest BCUT2D eigenvalue weighted by Crippen LogP contribution is -2.40. The van der Waals surface area contributed by atoms with Crippen LogP contribution in [0, 0.1) is 5.41 Å². The third-order valence-corrected chi connectivity index (χ3v) is 7.45. The fraction of sp³-hybridized carbons (Fsp3) is 0.292. The second-order valence-corrected chi connectivity index (χ2v) is 11.8. The van der Waals surface area contributed by atoms with Crippen LogP contribution in [0.5, 0.6) is 5.75 Å². The van der Waals surface area contributed by atoms with Crippen LogP contribution >= 0.6 is 23.2 Å². The number of nitrogens with zero attached hydrogens (tertiary/aromatic N) is 1. The predicted octanol–water partition coefficient (Wildman–Crippen LogP) is 3.60. The third-order valence-electron chi connectivity index (χ3n) is 5.22. The lowest BCUT2D eigenvalue weighted by molar-refractivity contribution is -0.150. The van der Waals surface area contributed by atoms with Crippen molar-refractivity contribution in [3.8, 4) is 5.75 Å². The zero-order chi connectivity index (χ0) is 26.8. The topological polar surface area (TPSA) is 130 Å². The number of carbonyl (C=O) groups is 3. The highest BCUT2D eigenvalue weighted by atomic mass is 35.5. The van der Waals surface area contributed by atoms with Crippen LogP contribution in [0.4, 0.5) is 0 Å². The van der Waals surface area contributed by atoms with Crippen LogP contribution in [-0.2, 0) is 24.4 Å². The molecule has 1 aliphatic heterocycles. The van der Waals surface area contributed by atoms with Gasteiger partial charge in [0.05, 0.1) is 4.90 Å². The van der Waals surface area contributed by atoms with E-state index < -0.39 is 45.9 Å². The summed E-state index contributed by atoms with van der Waals surface area (Å²) in [5, 5.41) is 12.7. The fourth-order valence-corrected chi connectivity index (χ4v) is 5.04. The van der Waals surface area contributed by atoms with E-state index in [2.05, 4.69) is 5.32 Å². The number of carboxylic acid groups (broad SMARTS) is 1. The Bertz CT molecular complexity index is 1330. The Morgan fingerprint density at radius 1 is 1.11 bits per heavy atom. The summed E-state index contributed by atoms with van der Waals surface area (Å²) in [6, 6.07) is 9.59. The van der Waals surface area contributed by atoms with E-state index in [0.29, 0.717) is 9.33 Å². The minimum Gasteiger partial charge on any atom is -0.478 e. The number of hydrogen-bond acceptors (Lipinski definition) is 6. The van der Waals surface area contributed by atoms with E-state index in [0.717, 1.165) is 0 Å². The summed E-state index contributed by atoms with van der Waals surface area (Å²) in [4.78, 5) is 37.3. The minimum atomic E-state index is -4.39. The average molecular weight is 555 g/mol. The summed E-state index contributed by atoms with van der Waals surface area (Å²) >= 11 is 12.0. The number of halogens is 2. The normalized spacial score (nSPS) is 16.9. The van der Waals surface area contributed by atoms with Gasteiger partial charge in [-0.25, -0.2) is 17.5 Å². The largest absolute Gasteiger partial charge is 0.478 e. The van der Waals surface area contributed by atoms with Gasteiger partial charge in [0.2, 0.25) is 5.91 Å². The Morgan fingerprint density at radius 3 is 2.31 bits per heavy atom. The zero-order valence-corrected chi connectivity index (χ0v) is 21.9. The zero-order valence-electron chi connectivity index (χ0n) is 19.6. The Morgan fingerprint density at radius 2 is 1.72 bits per heavy atom. The van der Waals surface area contributed by atoms with E-state index in [1.807, 2.05) is 0 Å². The van der Waals surface area contributed by atoms with Gasteiger partial charge in [-0.05, 0) is 48.5 Å². The van der Waals surface area contributed by atoms with Gasteiger partial charge in [-0.3, -0.25) is 9.59 Å². The van der Waals surface area contributed by atoms with E-state index in [4.69, 9.17) is 27.9 Å². The lowest BCUT2D eigenvalue weighted by atomic mass is 9.89. The maximum atomic E-state index is 13.4. The second kappa shape index (κ2) is 10.5. The predicted molar refractivity (Wildman–Crippen MR) is 134 cm³/mol. The number of amides is 2. The Kier molecular flexibility index (Phi) is 8.02. The molecular formula is C24H24Cl2N2O7S. The van der Waals surface area contributed by atoms with E-state index in [1.54, 1.807) is 20.8 Å². The van der Waals surface area contributed by atoms with Gasteiger partial charge >= 0.3 is 5.97 Å². The summed E-state index contributed by atoms with van der Waals surface area (Å²) in [5.41, 5.74) is -0.611. The lowest BCUT2D eigenvalue weighted by Gasteiger charge is -2.28. The van der Waals surface area contributed by atoms with Gasteiger partial charge in [0.15, 0.2) is 6.10 Å². The molecular weight excluding hydrogens is 531 g/mol. The molecule has 36 heavy (non-hydrogen) atoms. The Labute approximate surface area is 218 Å². The van der Waals surface area contributed by atoms with Gasteiger partial charge in [0.25, 0.3) is 15.9 Å². The van der Waals surface area contributed by atoms with E-state index in [9.17, 15) is 27.9 Å². The molecule has 9 nitrogen and oxygen atoms in total. The minimum absolute atomic E-state index is 0.0758. The first-order valence-corrected chi connectivity index (χ1v) is 12.9. The van der Waals surface area contributed by atoms with Gasteiger partial charge in [0, 0.05) is 33.1 Å². The Hall–Kier alpha value is -3.08. The number of benzene rings is 2. The number of rotatable bonds is 6. The number of ether oxygens (including phenoxy) is 1. The summed E-state index contributed by atoms with van der Waals surface area (Å²) in [6.45, 7) is 4.11. The number of hydrogen-bond donors (Lipinski definition) is 2. The highest BCUT2D eigenvalue weighted by Gasteiger charge is 2.36. The molecule has 3 rings (SSSR count). The molecule has 12 heteroatoms. The first kappa shape index (κ1) is 27.5. The van der Waals surface area contributed by atoms with Gasteiger partial charge in [-0.15, -0.1) is 0 Å². The van der Waals surface area contributed by atoms with Crippen molar-refractivity contribution in [1.82, 2.24) is 9.62 Å². The van der Waals surface area contributed by atoms with Crippen LogP contribution in [0.3, 0.4) is 0 Å². The van der Waals surface area contributed by atoms with Crippen molar-refractivity contribution in [3.05, 3.63) is 63.6 Å². The molecule has 2 aromatic rings. The molecule has 2 amide bonds. The monoisotopic (exact) mass is 554 g/mol. The number of carbonyl (C=O) groups excluding carboxylic acids is 2. The van der Waals surface area contributed by atoms with Crippen molar-refractivity contribution in [1.29, 1.82) is 0 Å². The fourth-order valence-electron chi connectivity index (χ4n) is 3.38. The van der Waals surface area contributed by atoms with Crippen LogP contribution in [0.2, 0.25) is 10.0 Å². The van der Waals surface area contributed by atoms with Crippen LogP contribution in [0.1, 0.15) is 26.3 Å². The molecule has 0 saturated carbocycles. The molecule has 1 unspecified atom stereocenters. The first-order chi connectivity index (χ1) is 16.7. The molecule has 1 atom stereocenters. The van der Waals surface area contributed by atoms with Gasteiger partial charge in [-0.1, -0.05) is 44.0 Å². The molecule has 0 spiro atoms. The molecule has 1 heterocycles. The van der Waals surface area contributed by atoms with Crippen molar-refractivity contribution in [2.24, 2.45) is 5.41 Å². The first-order valence-electron chi connectivity index (χ1n) is 10.7. The quantitative estimate of drug-likeness (QED) is 0.521. The molecule has 0 aliphatic carbocycles. The van der Waals surface area contributed by atoms with Crippen molar-refractivity contribution >= 4 is 57.1 Å². The van der Waals surface area contributed by atoms with Crippen LogP contribution < -0.4 is 10.1 Å². The standard InChI is InChI=1S/C24H24Cl2N2O7S/c1-24(2,3)21(23(31)32)35-19-9-6-17(26)11-14(19)10-15-12-27-20(29)13-28(22(15)30)36(33,34)18-7-4-16(25)5-8-18/h4-11,21H,12-13H2,1-3H3,(H,27,29)(H,31,32). The van der Waals surface area contributed by atoms with Crippen molar-refractivity contribution < 1.29 is 32.6 Å². The maximum Gasteiger partial charge on any atom is 0.345 e. The molecule has 0 bridgehead atoms. The molecule has 1 fully saturated rings. The summed E-state index contributed by atoms with van der Waals surface area (Å²) < 4.78 is 32.7. The summed E-state index contributed by atoms with van der Waals surface area (Å²) in [6.07, 6.45) is 0.0864. The van der Waals surface area contributed by atoms with Crippen LogP contribution in [-0.4, -0.2) is 54.8 Å². The highest BCUT2D eigenvalue weighted by Crippen LogP contribution is 2.31. The summed E-state index contributed by atoms with van der Waals surface area (Å²) in [5.74, 6) is -2.68. The molecule has 192 valence electrons. The number of aliphatic carboxylic acids is 1. The van der Waals surface area contributed by atoms with Crippen molar-refractivity contribution in [2.75, 3.05) is 13.1 Å². The second-order valence-electron chi connectivity index (χ2n) is 9.10. The molecule has 2 aromatic carbocycles.